The highest BCUT2D eigenvalue weighted by atomic mass is 19.3. The zero-order valence-corrected chi connectivity index (χ0v) is 18.9. The van der Waals surface area contributed by atoms with Crippen molar-refractivity contribution in [3.63, 3.8) is 0 Å². The van der Waals surface area contributed by atoms with E-state index in [0.717, 1.165) is 6.07 Å². The summed E-state index contributed by atoms with van der Waals surface area (Å²) in [7, 11) is 0. The standard InChI is InChI=1S/C25H25F3N4O2/c1-15(2)34-24-19(26)13-17(14-31-24)23(33)32-22-18(20-5-3-4-11-29-20)8-12-30-21(22)16-6-9-25(27,28)10-7-16/h3-5,8,11-16H,6-7,9-10H2,1-2H3,(H,32,33). The molecule has 0 atom stereocenters. The van der Waals surface area contributed by atoms with Crippen molar-refractivity contribution >= 4 is 11.6 Å². The van der Waals surface area contributed by atoms with Gasteiger partial charge < -0.3 is 10.1 Å². The first kappa shape index (κ1) is 23.7. The lowest BCUT2D eigenvalue weighted by molar-refractivity contribution is -0.0384. The Hall–Kier alpha value is -3.49. The normalized spacial score (nSPS) is 15.8. The average Bonchev–Trinajstić information content (AvgIpc) is 2.81. The van der Waals surface area contributed by atoms with E-state index in [1.807, 2.05) is 6.07 Å². The van der Waals surface area contributed by atoms with Crippen LogP contribution in [0.15, 0.2) is 48.9 Å². The highest BCUT2D eigenvalue weighted by Gasteiger charge is 2.37. The number of hydrogen-bond donors (Lipinski definition) is 1. The second kappa shape index (κ2) is 9.79. The number of aromatic nitrogens is 3. The molecule has 0 bridgehead atoms. The lowest BCUT2D eigenvalue weighted by Gasteiger charge is -2.29. The number of pyridine rings is 3. The molecule has 0 aromatic carbocycles. The third kappa shape index (κ3) is 5.35. The third-order valence-corrected chi connectivity index (χ3v) is 5.68. The maximum atomic E-state index is 14.4. The highest BCUT2D eigenvalue weighted by molar-refractivity contribution is 6.06. The summed E-state index contributed by atoms with van der Waals surface area (Å²) in [5, 5.41) is 2.82. The van der Waals surface area contributed by atoms with Gasteiger partial charge in [0.05, 0.1) is 28.7 Å². The van der Waals surface area contributed by atoms with Gasteiger partial charge in [-0.15, -0.1) is 0 Å². The summed E-state index contributed by atoms with van der Waals surface area (Å²) in [6.45, 7) is 3.48. The minimum absolute atomic E-state index is 0.00874. The summed E-state index contributed by atoms with van der Waals surface area (Å²) in [5.41, 5.74) is 2.08. The molecule has 34 heavy (non-hydrogen) atoms. The molecule has 0 aliphatic heterocycles. The number of alkyl halides is 2. The Labute approximate surface area is 195 Å². The van der Waals surface area contributed by atoms with E-state index in [0.29, 0.717) is 22.6 Å². The Bertz CT molecular complexity index is 1160. The number of hydrogen-bond acceptors (Lipinski definition) is 5. The molecule has 3 heterocycles. The van der Waals surface area contributed by atoms with Crippen molar-refractivity contribution in [3.05, 3.63) is 66.0 Å². The predicted molar refractivity (Wildman–Crippen MR) is 122 cm³/mol. The first-order valence-corrected chi connectivity index (χ1v) is 11.2. The molecule has 3 aromatic rings. The van der Waals surface area contributed by atoms with E-state index >= 15 is 0 Å². The van der Waals surface area contributed by atoms with Crippen molar-refractivity contribution in [2.75, 3.05) is 5.32 Å². The first-order chi connectivity index (χ1) is 16.2. The third-order valence-electron chi connectivity index (χ3n) is 5.68. The molecule has 0 spiro atoms. The number of nitrogens with one attached hydrogen (secondary N) is 1. The van der Waals surface area contributed by atoms with Gasteiger partial charge >= 0.3 is 0 Å². The number of halogens is 3. The summed E-state index contributed by atoms with van der Waals surface area (Å²) in [6, 6.07) is 8.11. The first-order valence-electron chi connectivity index (χ1n) is 11.2. The molecule has 6 nitrogen and oxygen atoms in total. The predicted octanol–water partition coefficient (Wildman–Crippen LogP) is 6.01. The van der Waals surface area contributed by atoms with E-state index in [-0.39, 0.29) is 49.1 Å². The van der Waals surface area contributed by atoms with E-state index in [4.69, 9.17) is 4.74 Å². The fourth-order valence-corrected chi connectivity index (χ4v) is 4.01. The average molecular weight is 470 g/mol. The Kier molecular flexibility index (Phi) is 6.81. The molecular weight excluding hydrogens is 445 g/mol. The van der Waals surface area contributed by atoms with Crippen LogP contribution in [0.1, 0.15) is 61.5 Å². The maximum Gasteiger partial charge on any atom is 0.257 e. The van der Waals surface area contributed by atoms with Gasteiger partial charge in [0, 0.05) is 42.9 Å². The van der Waals surface area contributed by atoms with Crippen LogP contribution >= 0.6 is 0 Å². The lowest BCUT2D eigenvalue weighted by Crippen LogP contribution is -2.25. The van der Waals surface area contributed by atoms with E-state index in [1.54, 1.807) is 44.4 Å². The second-order valence-corrected chi connectivity index (χ2v) is 8.60. The lowest BCUT2D eigenvalue weighted by atomic mass is 9.83. The van der Waals surface area contributed by atoms with Crippen molar-refractivity contribution in [1.82, 2.24) is 15.0 Å². The summed E-state index contributed by atoms with van der Waals surface area (Å²) in [5.74, 6) is -4.50. The van der Waals surface area contributed by atoms with Gasteiger partial charge in [-0.2, -0.15) is 0 Å². The van der Waals surface area contributed by atoms with E-state index in [1.165, 1.54) is 6.20 Å². The molecule has 1 fully saturated rings. The van der Waals surface area contributed by atoms with Gasteiger partial charge in [-0.3, -0.25) is 14.8 Å². The summed E-state index contributed by atoms with van der Waals surface area (Å²) < 4.78 is 47.3. The molecule has 1 aliphatic rings. The molecule has 3 aromatic heterocycles. The molecule has 1 N–H and O–H groups in total. The minimum Gasteiger partial charge on any atom is -0.473 e. The minimum atomic E-state index is -2.69. The Balaban J connectivity index is 1.69. The molecule has 0 radical (unpaired) electrons. The van der Waals surface area contributed by atoms with Crippen LogP contribution < -0.4 is 10.1 Å². The maximum absolute atomic E-state index is 14.4. The molecule has 1 aliphatic carbocycles. The molecule has 1 amide bonds. The molecule has 4 rings (SSSR count). The Morgan fingerprint density at radius 3 is 2.53 bits per heavy atom. The van der Waals surface area contributed by atoms with Gasteiger partial charge in [-0.25, -0.2) is 18.2 Å². The number of rotatable bonds is 6. The van der Waals surface area contributed by atoms with Gasteiger partial charge in [-0.05, 0) is 51.0 Å². The highest BCUT2D eigenvalue weighted by Crippen LogP contribution is 2.44. The van der Waals surface area contributed by atoms with Crippen molar-refractivity contribution in [3.8, 4) is 17.1 Å². The second-order valence-electron chi connectivity index (χ2n) is 8.60. The smallest absolute Gasteiger partial charge is 0.257 e. The van der Waals surface area contributed by atoms with E-state index in [2.05, 4.69) is 20.3 Å². The van der Waals surface area contributed by atoms with Crippen molar-refractivity contribution in [2.24, 2.45) is 0 Å². The summed E-state index contributed by atoms with van der Waals surface area (Å²) in [6.07, 6.45) is 4.16. The van der Waals surface area contributed by atoms with Crippen LogP contribution in [0.5, 0.6) is 5.88 Å². The number of carbonyl (C=O) groups excluding carboxylic acids is 1. The SMILES string of the molecule is CC(C)Oc1ncc(C(=O)Nc2c(-c3ccccn3)ccnc2C2CCC(F)(F)CC2)cc1F. The van der Waals surface area contributed by atoms with E-state index in [9.17, 15) is 18.0 Å². The van der Waals surface area contributed by atoms with Crippen molar-refractivity contribution < 1.29 is 22.7 Å². The molecule has 0 saturated heterocycles. The largest absolute Gasteiger partial charge is 0.473 e. The van der Waals surface area contributed by atoms with Crippen molar-refractivity contribution in [1.29, 1.82) is 0 Å². The van der Waals surface area contributed by atoms with Gasteiger partial charge in [0.15, 0.2) is 5.82 Å². The molecule has 9 heteroatoms. The fraction of sp³-hybridized carbons (Fsp3) is 0.360. The van der Waals surface area contributed by atoms with Crippen LogP contribution in [0.4, 0.5) is 18.9 Å². The van der Waals surface area contributed by atoms with Crippen molar-refractivity contribution in [2.45, 2.75) is 57.5 Å². The van der Waals surface area contributed by atoms with Crippen LogP contribution in [0.25, 0.3) is 11.3 Å². The van der Waals surface area contributed by atoms with Gasteiger partial charge in [-0.1, -0.05) is 6.07 Å². The van der Waals surface area contributed by atoms with Gasteiger partial charge in [0.1, 0.15) is 0 Å². The van der Waals surface area contributed by atoms with Gasteiger partial charge in [0.2, 0.25) is 5.92 Å². The van der Waals surface area contributed by atoms with Gasteiger partial charge in [0.25, 0.3) is 11.8 Å². The van der Waals surface area contributed by atoms with Crippen LogP contribution in [-0.4, -0.2) is 32.9 Å². The topological polar surface area (TPSA) is 77.0 Å². The number of ether oxygens (including phenoxy) is 1. The van der Waals surface area contributed by atoms with Crippen LogP contribution in [-0.2, 0) is 0 Å². The number of carbonyl (C=O) groups is 1. The number of amides is 1. The monoisotopic (exact) mass is 470 g/mol. The quantitative estimate of drug-likeness (QED) is 0.477. The molecule has 0 unspecified atom stereocenters. The molecule has 178 valence electrons. The molecular formula is C25H25F3N4O2. The van der Waals surface area contributed by atoms with E-state index < -0.39 is 17.6 Å². The molecule has 1 saturated carbocycles. The van der Waals surface area contributed by atoms with Crippen LogP contribution in [0.2, 0.25) is 0 Å². The zero-order valence-electron chi connectivity index (χ0n) is 18.9. The number of anilines is 1. The fourth-order valence-electron chi connectivity index (χ4n) is 4.01. The Morgan fingerprint density at radius 1 is 1.12 bits per heavy atom. The Morgan fingerprint density at radius 2 is 1.88 bits per heavy atom. The summed E-state index contributed by atoms with van der Waals surface area (Å²) in [4.78, 5) is 25.8. The zero-order chi connectivity index (χ0) is 24.3. The van der Waals surface area contributed by atoms with Crippen LogP contribution in [0.3, 0.4) is 0 Å². The van der Waals surface area contributed by atoms with Crippen LogP contribution in [0, 0.1) is 5.82 Å². The summed E-state index contributed by atoms with van der Waals surface area (Å²) >= 11 is 0. The number of nitrogens with zero attached hydrogens (tertiary/aromatic N) is 3.